The number of likely N-dealkylation sites (tertiary alicyclic amines) is 1. The van der Waals surface area contributed by atoms with Crippen LogP contribution in [0.2, 0.25) is 0 Å². The zero-order valence-electron chi connectivity index (χ0n) is 8.58. The molecular formula is C10H19NOS. The largest absolute Gasteiger partial charge is 0.342 e. The van der Waals surface area contributed by atoms with Gasteiger partial charge in [0, 0.05) is 19.5 Å². The fourth-order valence-electron chi connectivity index (χ4n) is 1.69. The van der Waals surface area contributed by atoms with Gasteiger partial charge in [0.05, 0.1) is 0 Å². The van der Waals surface area contributed by atoms with E-state index in [9.17, 15) is 4.79 Å². The van der Waals surface area contributed by atoms with Crippen LogP contribution in [0.4, 0.5) is 0 Å². The van der Waals surface area contributed by atoms with Crippen molar-refractivity contribution in [2.45, 2.75) is 26.7 Å². The van der Waals surface area contributed by atoms with Crippen molar-refractivity contribution in [1.82, 2.24) is 4.90 Å². The molecule has 0 aromatic carbocycles. The fraction of sp³-hybridized carbons (Fsp3) is 0.900. The molecule has 0 N–H and O–H groups in total. The first-order valence-electron chi connectivity index (χ1n) is 5.09. The Kier molecular flexibility index (Phi) is 4.64. The molecule has 0 aromatic rings. The molecule has 1 aliphatic heterocycles. The Morgan fingerprint density at radius 2 is 2.38 bits per heavy atom. The molecule has 0 aromatic heterocycles. The van der Waals surface area contributed by atoms with E-state index in [-0.39, 0.29) is 0 Å². The molecular weight excluding hydrogens is 182 g/mol. The predicted molar refractivity (Wildman–Crippen MR) is 58.0 cm³/mol. The van der Waals surface area contributed by atoms with Crippen LogP contribution in [0.25, 0.3) is 0 Å². The van der Waals surface area contributed by atoms with Crippen LogP contribution in [-0.4, -0.2) is 35.4 Å². The predicted octanol–water partition coefficient (Wildman–Crippen LogP) is 2.00. The molecule has 1 unspecified atom stereocenters. The SMILES string of the molecule is CCSCCCN1CC(C)CC1=O. The summed E-state index contributed by atoms with van der Waals surface area (Å²) in [6.07, 6.45) is 1.91. The lowest BCUT2D eigenvalue weighted by Crippen LogP contribution is -2.26. The highest BCUT2D eigenvalue weighted by molar-refractivity contribution is 7.99. The minimum atomic E-state index is 0.356. The number of hydrogen-bond donors (Lipinski definition) is 0. The Morgan fingerprint density at radius 1 is 1.62 bits per heavy atom. The van der Waals surface area contributed by atoms with Gasteiger partial charge in [-0.1, -0.05) is 13.8 Å². The van der Waals surface area contributed by atoms with Crippen molar-refractivity contribution in [3.63, 3.8) is 0 Å². The topological polar surface area (TPSA) is 20.3 Å². The van der Waals surface area contributed by atoms with Crippen LogP contribution in [0.15, 0.2) is 0 Å². The number of hydrogen-bond acceptors (Lipinski definition) is 2. The number of carbonyl (C=O) groups is 1. The average Bonchev–Trinajstić information content (AvgIpc) is 2.39. The second-order valence-electron chi connectivity index (χ2n) is 3.70. The number of carbonyl (C=O) groups excluding carboxylic acids is 1. The smallest absolute Gasteiger partial charge is 0.222 e. The van der Waals surface area contributed by atoms with Crippen molar-refractivity contribution in [2.75, 3.05) is 24.6 Å². The summed E-state index contributed by atoms with van der Waals surface area (Å²) in [6.45, 7) is 6.28. The minimum Gasteiger partial charge on any atom is -0.342 e. The van der Waals surface area contributed by atoms with Gasteiger partial charge in [-0.05, 0) is 23.8 Å². The van der Waals surface area contributed by atoms with Crippen LogP contribution in [-0.2, 0) is 4.79 Å². The van der Waals surface area contributed by atoms with Crippen LogP contribution < -0.4 is 0 Å². The zero-order valence-corrected chi connectivity index (χ0v) is 9.40. The van der Waals surface area contributed by atoms with Crippen molar-refractivity contribution >= 4 is 17.7 Å². The van der Waals surface area contributed by atoms with E-state index in [0.717, 1.165) is 25.9 Å². The monoisotopic (exact) mass is 201 g/mol. The van der Waals surface area contributed by atoms with Gasteiger partial charge in [-0.2, -0.15) is 11.8 Å². The van der Waals surface area contributed by atoms with Crippen LogP contribution in [0.1, 0.15) is 26.7 Å². The van der Waals surface area contributed by atoms with E-state index in [4.69, 9.17) is 0 Å². The number of thioether (sulfide) groups is 1. The summed E-state index contributed by atoms with van der Waals surface area (Å²) < 4.78 is 0. The Hall–Kier alpha value is -0.180. The molecule has 1 aliphatic rings. The van der Waals surface area contributed by atoms with Gasteiger partial charge in [0.2, 0.25) is 5.91 Å². The lowest BCUT2D eigenvalue weighted by Gasteiger charge is -2.15. The summed E-state index contributed by atoms with van der Waals surface area (Å²) in [4.78, 5) is 13.4. The summed E-state index contributed by atoms with van der Waals surface area (Å²) in [5.74, 6) is 3.30. The quantitative estimate of drug-likeness (QED) is 0.634. The van der Waals surface area contributed by atoms with Gasteiger partial charge in [0.1, 0.15) is 0 Å². The molecule has 3 heteroatoms. The highest BCUT2D eigenvalue weighted by Gasteiger charge is 2.25. The van der Waals surface area contributed by atoms with Crippen LogP contribution in [0, 0.1) is 5.92 Å². The van der Waals surface area contributed by atoms with E-state index in [0.29, 0.717) is 11.8 Å². The molecule has 1 rings (SSSR count). The molecule has 2 nitrogen and oxygen atoms in total. The van der Waals surface area contributed by atoms with Crippen LogP contribution >= 0.6 is 11.8 Å². The Balaban J connectivity index is 2.11. The van der Waals surface area contributed by atoms with Crippen molar-refractivity contribution in [2.24, 2.45) is 5.92 Å². The van der Waals surface area contributed by atoms with Gasteiger partial charge < -0.3 is 4.90 Å². The minimum absolute atomic E-state index is 0.356. The maximum Gasteiger partial charge on any atom is 0.222 e. The van der Waals surface area contributed by atoms with E-state index in [2.05, 4.69) is 13.8 Å². The van der Waals surface area contributed by atoms with Gasteiger partial charge >= 0.3 is 0 Å². The molecule has 0 aliphatic carbocycles. The first kappa shape index (κ1) is 10.9. The van der Waals surface area contributed by atoms with E-state index in [1.54, 1.807) is 0 Å². The van der Waals surface area contributed by atoms with Gasteiger partial charge in [0.15, 0.2) is 0 Å². The third-order valence-electron chi connectivity index (χ3n) is 2.33. The molecule has 0 bridgehead atoms. The summed E-state index contributed by atoms with van der Waals surface area (Å²) in [5, 5.41) is 0. The molecule has 0 radical (unpaired) electrons. The van der Waals surface area contributed by atoms with E-state index in [1.165, 1.54) is 11.5 Å². The molecule has 1 heterocycles. The molecule has 1 atom stereocenters. The first-order valence-corrected chi connectivity index (χ1v) is 6.25. The normalized spacial score (nSPS) is 22.8. The second kappa shape index (κ2) is 5.53. The van der Waals surface area contributed by atoms with Gasteiger partial charge in [-0.3, -0.25) is 4.79 Å². The zero-order chi connectivity index (χ0) is 9.68. The second-order valence-corrected chi connectivity index (χ2v) is 5.09. The van der Waals surface area contributed by atoms with E-state index >= 15 is 0 Å². The fourth-order valence-corrected chi connectivity index (χ4v) is 2.31. The molecule has 0 spiro atoms. The maximum absolute atomic E-state index is 11.4. The Morgan fingerprint density at radius 3 is 2.92 bits per heavy atom. The lowest BCUT2D eigenvalue weighted by atomic mass is 10.2. The van der Waals surface area contributed by atoms with Crippen molar-refractivity contribution in [1.29, 1.82) is 0 Å². The van der Waals surface area contributed by atoms with Crippen LogP contribution in [0.3, 0.4) is 0 Å². The Bertz CT molecular complexity index is 172. The van der Waals surface area contributed by atoms with Gasteiger partial charge in [0.25, 0.3) is 0 Å². The highest BCUT2D eigenvalue weighted by atomic mass is 32.2. The third kappa shape index (κ3) is 3.59. The average molecular weight is 201 g/mol. The number of rotatable bonds is 5. The first-order chi connectivity index (χ1) is 6.24. The molecule has 1 amide bonds. The van der Waals surface area contributed by atoms with Crippen molar-refractivity contribution < 1.29 is 4.79 Å². The highest BCUT2D eigenvalue weighted by Crippen LogP contribution is 2.17. The summed E-state index contributed by atoms with van der Waals surface area (Å²) in [6, 6.07) is 0. The van der Waals surface area contributed by atoms with Crippen LogP contribution in [0.5, 0.6) is 0 Å². The molecule has 13 heavy (non-hydrogen) atoms. The molecule has 1 fully saturated rings. The number of nitrogens with zero attached hydrogens (tertiary/aromatic N) is 1. The lowest BCUT2D eigenvalue weighted by molar-refractivity contribution is -0.127. The summed E-state index contributed by atoms with van der Waals surface area (Å²) in [7, 11) is 0. The summed E-state index contributed by atoms with van der Waals surface area (Å²) >= 11 is 1.96. The third-order valence-corrected chi connectivity index (χ3v) is 3.31. The Labute approximate surface area is 85.1 Å². The number of amides is 1. The van der Waals surface area contributed by atoms with E-state index < -0.39 is 0 Å². The van der Waals surface area contributed by atoms with Crippen molar-refractivity contribution in [3.8, 4) is 0 Å². The molecule has 1 saturated heterocycles. The van der Waals surface area contributed by atoms with Gasteiger partial charge in [-0.15, -0.1) is 0 Å². The van der Waals surface area contributed by atoms with Gasteiger partial charge in [-0.25, -0.2) is 0 Å². The standard InChI is InChI=1S/C10H19NOS/c1-3-13-6-4-5-11-8-9(2)7-10(11)12/h9H,3-8H2,1-2H3. The molecule has 76 valence electrons. The van der Waals surface area contributed by atoms with E-state index in [1.807, 2.05) is 16.7 Å². The summed E-state index contributed by atoms with van der Waals surface area (Å²) in [5.41, 5.74) is 0. The molecule has 0 saturated carbocycles. The van der Waals surface area contributed by atoms with Crippen molar-refractivity contribution in [3.05, 3.63) is 0 Å². The maximum atomic E-state index is 11.4.